The summed E-state index contributed by atoms with van der Waals surface area (Å²) < 4.78 is 38.4. The fraction of sp³-hybridized carbons (Fsp3) is 0.263. The van der Waals surface area contributed by atoms with Crippen LogP contribution in [-0.2, 0) is 14.6 Å². The second-order valence-corrected chi connectivity index (χ2v) is 7.79. The van der Waals surface area contributed by atoms with Gasteiger partial charge < -0.3 is 14.2 Å². The molecular formula is C19H20O7S. The third-order valence-electron chi connectivity index (χ3n) is 3.85. The summed E-state index contributed by atoms with van der Waals surface area (Å²) in [6.45, 7) is 1.45. The molecule has 2 rings (SSSR count). The Morgan fingerprint density at radius 1 is 0.963 bits per heavy atom. The molecule has 1 atom stereocenters. The van der Waals surface area contributed by atoms with E-state index in [1.165, 1.54) is 51.5 Å². The normalized spacial score (nSPS) is 12.1. The van der Waals surface area contributed by atoms with Crippen molar-refractivity contribution in [3.8, 4) is 11.5 Å². The van der Waals surface area contributed by atoms with Gasteiger partial charge in [-0.05, 0) is 43.3 Å². The molecule has 0 aliphatic carbocycles. The number of hydrogen-bond acceptors (Lipinski definition) is 7. The van der Waals surface area contributed by atoms with Crippen molar-refractivity contribution in [3.63, 3.8) is 0 Å². The molecule has 7 nitrogen and oxygen atoms in total. The third kappa shape index (κ3) is 4.85. The lowest BCUT2D eigenvalue weighted by Crippen LogP contribution is -2.25. The maximum atomic E-state index is 12.6. The first-order valence-electron chi connectivity index (χ1n) is 7.94. The summed E-state index contributed by atoms with van der Waals surface area (Å²) in [5.74, 6) is -0.335. The third-order valence-corrected chi connectivity index (χ3v) is 4.97. The molecule has 2 aromatic carbocycles. The lowest BCUT2D eigenvalue weighted by molar-refractivity contribution is 0.0317. The molecule has 0 amide bonds. The van der Waals surface area contributed by atoms with Crippen molar-refractivity contribution in [2.45, 2.75) is 17.9 Å². The van der Waals surface area contributed by atoms with Crippen LogP contribution in [0.2, 0.25) is 0 Å². The monoisotopic (exact) mass is 392 g/mol. The van der Waals surface area contributed by atoms with Gasteiger partial charge in [0.1, 0.15) is 11.5 Å². The number of carbonyl (C=O) groups excluding carboxylic acids is 2. The van der Waals surface area contributed by atoms with Crippen LogP contribution in [0, 0.1) is 0 Å². The maximum Gasteiger partial charge on any atom is 0.338 e. The predicted molar refractivity (Wildman–Crippen MR) is 98.3 cm³/mol. The van der Waals surface area contributed by atoms with Crippen LogP contribution < -0.4 is 9.47 Å². The van der Waals surface area contributed by atoms with Gasteiger partial charge in [-0.25, -0.2) is 13.2 Å². The molecule has 0 aromatic heterocycles. The number of carbonyl (C=O) groups is 2. The summed E-state index contributed by atoms with van der Waals surface area (Å²) in [6.07, 6.45) is 0.0120. The fourth-order valence-corrected chi connectivity index (χ4v) is 2.97. The van der Waals surface area contributed by atoms with Gasteiger partial charge in [0.15, 0.2) is 15.9 Å². The Morgan fingerprint density at radius 2 is 1.59 bits per heavy atom. The number of hydrogen-bond donors (Lipinski definition) is 0. The van der Waals surface area contributed by atoms with E-state index in [1.807, 2.05) is 0 Å². The van der Waals surface area contributed by atoms with Gasteiger partial charge in [-0.1, -0.05) is 0 Å². The average Bonchev–Trinajstić information content (AvgIpc) is 2.66. The van der Waals surface area contributed by atoms with E-state index >= 15 is 0 Å². The molecule has 0 N–H and O–H groups in total. The lowest BCUT2D eigenvalue weighted by atomic mass is 10.1. The minimum Gasteiger partial charge on any atom is -0.497 e. The van der Waals surface area contributed by atoms with E-state index in [0.29, 0.717) is 11.5 Å². The zero-order valence-corrected chi connectivity index (χ0v) is 16.2. The average molecular weight is 392 g/mol. The highest BCUT2D eigenvalue weighted by molar-refractivity contribution is 7.90. The molecule has 27 heavy (non-hydrogen) atoms. The molecule has 144 valence electrons. The Bertz CT molecular complexity index is 947. The molecule has 0 aliphatic rings. The molecule has 0 saturated carbocycles. The van der Waals surface area contributed by atoms with Gasteiger partial charge in [0.2, 0.25) is 5.78 Å². The summed E-state index contributed by atoms with van der Waals surface area (Å²) in [6, 6.07) is 9.99. The molecule has 0 radical (unpaired) electrons. The number of ketones is 1. The van der Waals surface area contributed by atoms with Crippen LogP contribution in [0.25, 0.3) is 0 Å². The molecule has 0 fully saturated rings. The van der Waals surface area contributed by atoms with Crippen LogP contribution in [-0.4, -0.2) is 46.7 Å². The maximum absolute atomic E-state index is 12.6. The quantitative estimate of drug-likeness (QED) is 0.528. The Kier molecular flexibility index (Phi) is 6.22. The minimum atomic E-state index is -3.36. The Labute approximate surface area is 157 Å². The van der Waals surface area contributed by atoms with Crippen LogP contribution in [0.3, 0.4) is 0 Å². The molecule has 0 spiro atoms. The minimum absolute atomic E-state index is 0.0890. The van der Waals surface area contributed by atoms with Crippen LogP contribution in [0.15, 0.2) is 47.4 Å². The van der Waals surface area contributed by atoms with E-state index in [2.05, 4.69) is 0 Å². The highest BCUT2D eigenvalue weighted by atomic mass is 32.2. The molecule has 0 bridgehead atoms. The standard InChI is InChI=1S/C19H20O7S/c1-12(18(20)16-10-7-14(24-2)11-17(16)25-3)26-19(21)13-5-8-15(9-6-13)27(4,22)23/h5-12H,1-4H3/t12-/m0/s1. The molecule has 0 aliphatic heterocycles. The van der Waals surface area contributed by atoms with Gasteiger partial charge in [-0.2, -0.15) is 0 Å². The second-order valence-electron chi connectivity index (χ2n) is 5.77. The van der Waals surface area contributed by atoms with Gasteiger partial charge in [-0.15, -0.1) is 0 Å². The van der Waals surface area contributed by atoms with Crippen molar-refractivity contribution < 1.29 is 32.2 Å². The van der Waals surface area contributed by atoms with E-state index in [1.54, 1.807) is 12.1 Å². The predicted octanol–water partition coefficient (Wildman–Crippen LogP) is 2.54. The van der Waals surface area contributed by atoms with Crippen molar-refractivity contribution in [1.82, 2.24) is 0 Å². The molecule has 2 aromatic rings. The van der Waals surface area contributed by atoms with E-state index in [9.17, 15) is 18.0 Å². The van der Waals surface area contributed by atoms with E-state index in [4.69, 9.17) is 14.2 Å². The summed E-state index contributed by atoms with van der Waals surface area (Å²) in [4.78, 5) is 24.9. The Hall–Kier alpha value is -2.87. The topological polar surface area (TPSA) is 96.0 Å². The second kappa shape index (κ2) is 8.22. The van der Waals surface area contributed by atoms with Gasteiger partial charge in [0.05, 0.1) is 30.2 Å². The van der Waals surface area contributed by atoms with E-state index in [-0.39, 0.29) is 16.0 Å². The van der Waals surface area contributed by atoms with E-state index < -0.39 is 27.7 Å². The fourth-order valence-electron chi connectivity index (χ4n) is 2.34. The van der Waals surface area contributed by atoms with Crippen LogP contribution in [0.4, 0.5) is 0 Å². The van der Waals surface area contributed by atoms with Crippen molar-refractivity contribution in [2.24, 2.45) is 0 Å². The van der Waals surface area contributed by atoms with Gasteiger partial charge >= 0.3 is 5.97 Å². The number of esters is 1. The lowest BCUT2D eigenvalue weighted by Gasteiger charge is -2.15. The molecule has 8 heteroatoms. The largest absolute Gasteiger partial charge is 0.497 e. The number of ether oxygens (including phenoxy) is 3. The van der Waals surface area contributed by atoms with Gasteiger partial charge in [0, 0.05) is 12.3 Å². The summed E-state index contributed by atoms with van der Waals surface area (Å²) in [7, 11) is -0.444. The zero-order valence-electron chi connectivity index (χ0n) is 15.4. The highest BCUT2D eigenvalue weighted by Crippen LogP contribution is 2.26. The number of Topliss-reactive ketones (excluding diaryl/α,β-unsaturated/α-hetero) is 1. The van der Waals surface area contributed by atoms with Crippen LogP contribution in [0.1, 0.15) is 27.6 Å². The van der Waals surface area contributed by atoms with Crippen molar-refractivity contribution in [3.05, 3.63) is 53.6 Å². The smallest absolute Gasteiger partial charge is 0.338 e. The summed E-state index contributed by atoms with van der Waals surface area (Å²) in [5, 5.41) is 0. The number of sulfone groups is 1. The highest BCUT2D eigenvalue weighted by Gasteiger charge is 2.24. The van der Waals surface area contributed by atoms with E-state index in [0.717, 1.165) is 6.26 Å². The number of rotatable bonds is 7. The van der Waals surface area contributed by atoms with Crippen LogP contribution in [0.5, 0.6) is 11.5 Å². The SMILES string of the molecule is COc1ccc(C(=O)[C@H](C)OC(=O)c2ccc(S(C)(=O)=O)cc2)c(OC)c1. The first-order chi connectivity index (χ1) is 12.7. The van der Waals surface area contributed by atoms with Crippen molar-refractivity contribution in [1.29, 1.82) is 0 Å². The van der Waals surface area contributed by atoms with Crippen LogP contribution >= 0.6 is 0 Å². The van der Waals surface area contributed by atoms with Gasteiger partial charge in [-0.3, -0.25) is 4.79 Å². The number of benzene rings is 2. The van der Waals surface area contributed by atoms with Crippen molar-refractivity contribution >= 4 is 21.6 Å². The first-order valence-corrected chi connectivity index (χ1v) is 9.84. The summed E-state index contributed by atoms with van der Waals surface area (Å²) in [5.41, 5.74) is 0.398. The molecule has 0 saturated heterocycles. The molecule has 0 heterocycles. The molecule has 0 unspecified atom stereocenters. The Morgan fingerprint density at radius 3 is 2.11 bits per heavy atom. The Balaban J connectivity index is 2.15. The number of methoxy groups -OCH3 is 2. The first kappa shape index (κ1) is 20.4. The molecular weight excluding hydrogens is 372 g/mol. The van der Waals surface area contributed by atoms with Gasteiger partial charge in [0.25, 0.3) is 0 Å². The van der Waals surface area contributed by atoms with Crippen molar-refractivity contribution in [2.75, 3.05) is 20.5 Å². The summed E-state index contributed by atoms with van der Waals surface area (Å²) >= 11 is 0. The zero-order chi connectivity index (χ0) is 20.2.